The van der Waals surface area contributed by atoms with Gasteiger partial charge in [-0.25, -0.2) is 4.39 Å². The maximum Gasteiger partial charge on any atom is 0.246 e. The van der Waals surface area contributed by atoms with Crippen LogP contribution in [0.5, 0.6) is 0 Å². The van der Waals surface area contributed by atoms with Crippen LogP contribution in [0.25, 0.3) is 11.4 Å². The molecule has 0 spiro atoms. The van der Waals surface area contributed by atoms with Crippen LogP contribution >= 0.6 is 0 Å². The largest absolute Gasteiger partial charge is 0.340 e. The average Bonchev–Trinajstić information content (AvgIpc) is 3.06. The van der Waals surface area contributed by atoms with Crippen LogP contribution in [0, 0.1) is 12.7 Å². The maximum absolute atomic E-state index is 13.7. The minimum Gasteiger partial charge on any atom is -0.340 e. The highest BCUT2D eigenvalue weighted by atomic mass is 19.1. The van der Waals surface area contributed by atoms with Gasteiger partial charge in [-0.2, -0.15) is 4.80 Å². The number of amides is 1. The highest BCUT2D eigenvalue weighted by Crippen LogP contribution is 2.14. The Morgan fingerprint density at radius 3 is 2.60 bits per heavy atom. The third kappa shape index (κ3) is 4.06. The fraction of sp³-hybridized carbons (Fsp3) is 0.222. The fourth-order valence-electron chi connectivity index (χ4n) is 2.34. The summed E-state index contributed by atoms with van der Waals surface area (Å²) in [6.07, 6.45) is 0. The van der Waals surface area contributed by atoms with E-state index in [0.717, 1.165) is 11.1 Å². The third-order valence-electron chi connectivity index (χ3n) is 3.83. The zero-order valence-electron chi connectivity index (χ0n) is 14.1. The van der Waals surface area contributed by atoms with Crippen molar-refractivity contribution in [1.29, 1.82) is 0 Å². The van der Waals surface area contributed by atoms with E-state index in [-0.39, 0.29) is 24.8 Å². The van der Waals surface area contributed by atoms with E-state index in [1.165, 1.54) is 15.8 Å². The molecule has 1 heterocycles. The molecule has 0 radical (unpaired) electrons. The molecule has 0 saturated carbocycles. The van der Waals surface area contributed by atoms with Crippen LogP contribution in [0.4, 0.5) is 4.39 Å². The Morgan fingerprint density at radius 1 is 1.16 bits per heavy atom. The van der Waals surface area contributed by atoms with Gasteiger partial charge in [0.1, 0.15) is 12.4 Å². The second kappa shape index (κ2) is 7.21. The molecule has 0 unspecified atom stereocenters. The van der Waals surface area contributed by atoms with Crippen molar-refractivity contribution in [3.63, 3.8) is 0 Å². The highest BCUT2D eigenvalue weighted by molar-refractivity contribution is 5.75. The van der Waals surface area contributed by atoms with Crippen molar-refractivity contribution in [2.45, 2.75) is 20.0 Å². The molecule has 0 N–H and O–H groups in total. The number of rotatable bonds is 5. The van der Waals surface area contributed by atoms with E-state index in [0.29, 0.717) is 11.4 Å². The van der Waals surface area contributed by atoms with Crippen molar-refractivity contribution in [1.82, 2.24) is 25.1 Å². The van der Waals surface area contributed by atoms with Crippen molar-refractivity contribution in [3.8, 4) is 11.4 Å². The molecule has 0 bridgehead atoms. The molecule has 3 rings (SSSR count). The smallest absolute Gasteiger partial charge is 0.246 e. The second-order valence-electron chi connectivity index (χ2n) is 5.85. The molecule has 0 aliphatic carbocycles. The second-order valence-corrected chi connectivity index (χ2v) is 5.85. The van der Waals surface area contributed by atoms with Crippen LogP contribution in [0.15, 0.2) is 48.5 Å². The van der Waals surface area contributed by atoms with Crippen LogP contribution in [0.1, 0.15) is 11.1 Å². The number of carbonyl (C=O) groups excluding carboxylic acids is 1. The molecule has 0 fully saturated rings. The molecule has 25 heavy (non-hydrogen) atoms. The van der Waals surface area contributed by atoms with Gasteiger partial charge in [0.05, 0.1) is 0 Å². The lowest BCUT2D eigenvalue weighted by Gasteiger charge is -2.17. The number of hydrogen-bond acceptors (Lipinski definition) is 4. The van der Waals surface area contributed by atoms with E-state index >= 15 is 0 Å². The lowest BCUT2D eigenvalue weighted by Crippen LogP contribution is -2.30. The van der Waals surface area contributed by atoms with Crippen molar-refractivity contribution in [3.05, 3.63) is 65.5 Å². The number of hydrogen-bond donors (Lipinski definition) is 0. The number of benzene rings is 2. The van der Waals surface area contributed by atoms with Crippen LogP contribution in [0.2, 0.25) is 0 Å². The summed E-state index contributed by atoms with van der Waals surface area (Å²) < 4.78 is 13.7. The zero-order chi connectivity index (χ0) is 17.8. The van der Waals surface area contributed by atoms with Gasteiger partial charge in [0.2, 0.25) is 11.7 Å². The average molecular weight is 339 g/mol. The maximum atomic E-state index is 13.7. The summed E-state index contributed by atoms with van der Waals surface area (Å²) in [7, 11) is 1.62. The lowest BCUT2D eigenvalue weighted by atomic mass is 10.1. The van der Waals surface area contributed by atoms with Gasteiger partial charge in [-0.15, -0.1) is 10.2 Å². The van der Waals surface area contributed by atoms with Crippen molar-refractivity contribution >= 4 is 5.91 Å². The number of nitrogens with zero attached hydrogens (tertiary/aromatic N) is 5. The van der Waals surface area contributed by atoms with E-state index in [9.17, 15) is 9.18 Å². The summed E-state index contributed by atoms with van der Waals surface area (Å²) in [6.45, 7) is 2.13. The molecule has 7 heteroatoms. The standard InChI is InChI=1S/C18H18FN5O/c1-13-7-9-14(10-8-13)18-20-22-24(21-18)12-17(25)23(2)11-15-5-3-4-6-16(15)19/h3-10H,11-12H2,1-2H3. The first-order valence-electron chi connectivity index (χ1n) is 7.85. The predicted octanol–water partition coefficient (Wildman–Crippen LogP) is 2.45. The lowest BCUT2D eigenvalue weighted by molar-refractivity contribution is -0.131. The molecule has 2 aromatic carbocycles. The summed E-state index contributed by atoms with van der Waals surface area (Å²) in [5, 5.41) is 12.1. The molecule has 0 saturated heterocycles. The zero-order valence-corrected chi connectivity index (χ0v) is 14.1. The number of carbonyl (C=O) groups is 1. The SMILES string of the molecule is Cc1ccc(-c2nnn(CC(=O)N(C)Cc3ccccc3F)n2)cc1. The number of tetrazole rings is 1. The Balaban J connectivity index is 1.65. The summed E-state index contributed by atoms with van der Waals surface area (Å²) in [5.41, 5.74) is 2.44. The van der Waals surface area contributed by atoms with E-state index in [1.54, 1.807) is 25.2 Å². The fourth-order valence-corrected chi connectivity index (χ4v) is 2.34. The Hall–Kier alpha value is -3.09. The van der Waals surface area contributed by atoms with E-state index in [2.05, 4.69) is 15.4 Å². The van der Waals surface area contributed by atoms with Gasteiger partial charge in [-0.05, 0) is 18.2 Å². The van der Waals surface area contributed by atoms with Gasteiger partial charge in [0, 0.05) is 24.7 Å². The van der Waals surface area contributed by atoms with Crippen molar-refractivity contribution < 1.29 is 9.18 Å². The van der Waals surface area contributed by atoms with Crippen LogP contribution in [-0.2, 0) is 17.9 Å². The first-order chi connectivity index (χ1) is 12.0. The Kier molecular flexibility index (Phi) is 4.83. The number of aryl methyl sites for hydroxylation is 1. The summed E-state index contributed by atoms with van der Waals surface area (Å²) in [4.78, 5) is 15.0. The normalized spacial score (nSPS) is 10.7. The van der Waals surface area contributed by atoms with Crippen LogP contribution in [-0.4, -0.2) is 38.1 Å². The number of likely N-dealkylation sites (N-methyl/N-ethyl adjacent to an activating group) is 1. The van der Waals surface area contributed by atoms with Gasteiger partial charge in [-0.3, -0.25) is 4.79 Å². The molecule has 1 amide bonds. The van der Waals surface area contributed by atoms with Gasteiger partial charge < -0.3 is 4.90 Å². The van der Waals surface area contributed by atoms with Crippen LogP contribution in [0.3, 0.4) is 0 Å². The first kappa shape index (κ1) is 16.8. The minimum absolute atomic E-state index is 0.0518. The molecule has 0 atom stereocenters. The minimum atomic E-state index is -0.331. The molecule has 128 valence electrons. The summed E-state index contributed by atoms with van der Waals surface area (Å²) >= 11 is 0. The van der Waals surface area contributed by atoms with E-state index in [4.69, 9.17) is 0 Å². The Morgan fingerprint density at radius 2 is 1.88 bits per heavy atom. The van der Waals surface area contributed by atoms with Gasteiger partial charge >= 0.3 is 0 Å². The molecule has 1 aromatic heterocycles. The topological polar surface area (TPSA) is 63.9 Å². The molecular weight excluding hydrogens is 321 g/mol. The third-order valence-corrected chi connectivity index (χ3v) is 3.83. The molecule has 6 nitrogen and oxygen atoms in total. The summed E-state index contributed by atoms with van der Waals surface area (Å²) in [6, 6.07) is 14.1. The summed E-state index contributed by atoms with van der Waals surface area (Å²) in [5.74, 6) is -0.0941. The Bertz CT molecular complexity index is 875. The molecule has 0 aliphatic rings. The quantitative estimate of drug-likeness (QED) is 0.716. The van der Waals surface area contributed by atoms with Gasteiger partial charge in [-0.1, -0.05) is 48.0 Å². The Labute approximate surface area is 144 Å². The number of halogens is 1. The van der Waals surface area contributed by atoms with E-state index in [1.807, 2.05) is 31.2 Å². The van der Waals surface area contributed by atoms with Crippen LogP contribution < -0.4 is 0 Å². The van der Waals surface area contributed by atoms with Gasteiger partial charge in [0.15, 0.2) is 0 Å². The highest BCUT2D eigenvalue weighted by Gasteiger charge is 2.14. The van der Waals surface area contributed by atoms with Crippen molar-refractivity contribution in [2.24, 2.45) is 0 Å². The van der Waals surface area contributed by atoms with E-state index < -0.39 is 0 Å². The molecular formula is C18H18FN5O. The monoisotopic (exact) mass is 339 g/mol. The molecule has 3 aromatic rings. The predicted molar refractivity (Wildman–Crippen MR) is 90.9 cm³/mol. The van der Waals surface area contributed by atoms with Crippen molar-refractivity contribution in [2.75, 3.05) is 7.05 Å². The van der Waals surface area contributed by atoms with Gasteiger partial charge in [0.25, 0.3) is 0 Å². The number of aromatic nitrogens is 4. The molecule has 0 aliphatic heterocycles. The first-order valence-corrected chi connectivity index (χ1v) is 7.85.